The number of rotatable bonds is 5. The van der Waals surface area contributed by atoms with Crippen molar-refractivity contribution in [2.45, 2.75) is 19.3 Å². The van der Waals surface area contributed by atoms with Gasteiger partial charge in [0.05, 0.1) is 10.7 Å². The maximum atomic E-state index is 5.79. The molecule has 3 heterocycles. The number of hydrogen-bond acceptors (Lipinski definition) is 7. The Bertz CT molecular complexity index is 724. The monoisotopic (exact) mass is 321 g/mol. The molecule has 0 spiro atoms. The second kappa shape index (κ2) is 6.19. The highest BCUT2D eigenvalue weighted by Gasteiger charge is 2.10. The van der Waals surface area contributed by atoms with Crippen molar-refractivity contribution in [2.75, 3.05) is 5.73 Å². The molecular weight excluding hydrogens is 310 g/mol. The first-order chi connectivity index (χ1) is 10.2. The Balaban J connectivity index is 1.59. The Hall–Kier alpha value is -1.99. The predicted octanol–water partition coefficient (Wildman–Crippen LogP) is 3.00. The van der Waals surface area contributed by atoms with E-state index in [1.54, 1.807) is 18.3 Å². The Morgan fingerprint density at radius 1 is 1.24 bits per heavy atom. The number of pyridine rings is 1. The van der Waals surface area contributed by atoms with Gasteiger partial charge in [-0.15, -0.1) is 11.3 Å². The molecule has 3 aromatic rings. The first kappa shape index (κ1) is 14.0. The minimum Gasteiger partial charge on any atom is -0.375 e. The van der Waals surface area contributed by atoms with Gasteiger partial charge in [0.1, 0.15) is 5.69 Å². The molecule has 2 N–H and O–H groups in total. The van der Waals surface area contributed by atoms with Crippen LogP contribution >= 0.6 is 22.9 Å². The van der Waals surface area contributed by atoms with E-state index in [-0.39, 0.29) is 0 Å². The Kier molecular flexibility index (Phi) is 4.12. The average molecular weight is 322 g/mol. The third-order valence-corrected chi connectivity index (χ3v) is 3.76. The summed E-state index contributed by atoms with van der Waals surface area (Å²) in [7, 11) is 0. The van der Waals surface area contributed by atoms with Crippen molar-refractivity contribution in [3.8, 4) is 11.5 Å². The summed E-state index contributed by atoms with van der Waals surface area (Å²) in [5, 5.41) is 7.06. The summed E-state index contributed by atoms with van der Waals surface area (Å²) in [6, 6.07) is 3.50. The largest absolute Gasteiger partial charge is 0.375 e. The van der Waals surface area contributed by atoms with E-state index in [2.05, 4.69) is 20.1 Å². The van der Waals surface area contributed by atoms with Gasteiger partial charge >= 0.3 is 0 Å². The summed E-state index contributed by atoms with van der Waals surface area (Å²) >= 11 is 7.24. The van der Waals surface area contributed by atoms with Gasteiger partial charge < -0.3 is 10.3 Å². The van der Waals surface area contributed by atoms with E-state index in [4.69, 9.17) is 21.9 Å². The molecule has 0 amide bonds. The normalized spacial score (nSPS) is 10.9. The van der Waals surface area contributed by atoms with E-state index in [1.807, 2.05) is 5.38 Å². The van der Waals surface area contributed by atoms with Crippen molar-refractivity contribution in [3.63, 3.8) is 0 Å². The van der Waals surface area contributed by atoms with E-state index in [9.17, 15) is 0 Å². The average Bonchev–Trinajstić information content (AvgIpc) is 3.09. The van der Waals surface area contributed by atoms with Crippen molar-refractivity contribution in [1.82, 2.24) is 20.1 Å². The number of halogens is 1. The molecule has 0 saturated heterocycles. The zero-order chi connectivity index (χ0) is 14.7. The zero-order valence-corrected chi connectivity index (χ0v) is 12.6. The van der Waals surface area contributed by atoms with Crippen LogP contribution in [-0.4, -0.2) is 20.1 Å². The van der Waals surface area contributed by atoms with Gasteiger partial charge in [0.15, 0.2) is 5.13 Å². The summed E-state index contributed by atoms with van der Waals surface area (Å²) < 4.78 is 5.22. The summed E-state index contributed by atoms with van der Waals surface area (Å²) in [5.74, 6) is 1.06. The lowest BCUT2D eigenvalue weighted by Crippen LogP contribution is -1.92. The lowest BCUT2D eigenvalue weighted by Gasteiger charge is -1.94. The van der Waals surface area contributed by atoms with Gasteiger partial charge in [-0.25, -0.2) is 4.98 Å². The number of nitrogens with zero attached hydrogens (tertiary/aromatic N) is 4. The fourth-order valence-corrected chi connectivity index (χ4v) is 2.54. The van der Waals surface area contributed by atoms with Crippen LogP contribution in [0, 0.1) is 0 Å². The maximum Gasteiger partial charge on any atom is 0.227 e. The van der Waals surface area contributed by atoms with E-state index in [0.717, 1.165) is 18.5 Å². The molecule has 0 aliphatic rings. The van der Waals surface area contributed by atoms with Crippen molar-refractivity contribution < 1.29 is 4.52 Å². The molecule has 0 aromatic carbocycles. The Labute approximate surface area is 130 Å². The SMILES string of the molecule is Nc1nc(CCCc2nc(-c3ccc(Cl)cn3)no2)cs1. The highest BCUT2D eigenvalue weighted by Crippen LogP contribution is 2.17. The first-order valence-corrected chi connectivity index (χ1v) is 7.61. The second-order valence-corrected chi connectivity index (χ2v) is 5.73. The molecule has 21 heavy (non-hydrogen) atoms. The van der Waals surface area contributed by atoms with E-state index in [1.165, 1.54) is 11.3 Å². The summed E-state index contributed by atoms with van der Waals surface area (Å²) in [6.07, 6.45) is 3.96. The highest BCUT2D eigenvalue weighted by molar-refractivity contribution is 7.13. The van der Waals surface area contributed by atoms with Gasteiger partial charge in [-0.05, 0) is 25.0 Å². The predicted molar refractivity (Wildman–Crippen MR) is 81.1 cm³/mol. The quantitative estimate of drug-likeness (QED) is 0.776. The number of hydrogen-bond donors (Lipinski definition) is 1. The zero-order valence-electron chi connectivity index (χ0n) is 11.0. The fourth-order valence-electron chi connectivity index (χ4n) is 1.83. The number of thiazole rings is 1. The lowest BCUT2D eigenvalue weighted by atomic mass is 10.2. The third kappa shape index (κ3) is 3.56. The summed E-state index contributed by atoms with van der Waals surface area (Å²) in [4.78, 5) is 12.7. The van der Waals surface area contributed by atoms with Crippen LogP contribution in [0.4, 0.5) is 5.13 Å². The van der Waals surface area contributed by atoms with Crippen LogP contribution in [0.1, 0.15) is 18.0 Å². The first-order valence-electron chi connectivity index (χ1n) is 6.35. The smallest absolute Gasteiger partial charge is 0.227 e. The van der Waals surface area contributed by atoms with Gasteiger partial charge in [-0.2, -0.15) is 4.98 Å². The molecule has 3 rings (SSSR count). The van der Waals surface area contributed by atoms with Gasteiger partial charge in [0, 0.05) is 18.0 Å². The van der Waals surface area contributed by atoms with Crippen molar-refractivity contribution in [1.29, 1.82) is 0 Å². The Morgan fingerprint density at radius 3 is 2.86 bits per heavy atom. The van der Waals surface area contributed by atoms with Gasteiger partial charge in [-0.3, -0.25) is 4.98 Å². The molecule has 0 radical (unpaired) electrons. The van der Waals surface area contributed by atoms with Crippen LogP contribution in [0.3, 0.4) is 0 Å². The lowest BCUT2D eigenvalue weighted by molar-refractivity contribution is 0.376. The van der Waals surface area contributed by atoms with Crippen LogP contribution in [0.15, 0.2) is 28.2 Å². The maximum absolute atomic E-state index is 5.79. The molecule has 0 saturated carbocycles. The number of nitrogen functional groups attached to an aromatic ring is 1. The topological polar surface area (TPSA) is 90.7 Å². The minimum absolute atomic E-state index is 0.472. The van der Waals surface area contributed by atoms with E-state index in [0.29, 0.717) is 34.0 Å². The standard InChI is InChI=1S/C13H12ClN5OS/c14-8-4-5-10(16-6-8)12-18-11(20-19-12)3-1-2-9-7-21-13(15)17-9/h4-7H,1-3H2,(H2,15,17). The van der Waals surface area contributed by atoms with Gasteiger partial charge in [0.25, 0.3) is 0 Å². The number of aryl methyl sites for hydroxylation is 2. The number of anilines is 1. The molecule has 108 valence electrons. The highest BCUT2D eigenvalue weighted by atomic mass is 35.5. The molecule has 3 aromatic heterocycles. The van der Waals surface area contributed by atoms with Crippen molar-refractivity contribution in [3.05, 3.63) is 40.3 Å². The Morgan fingerprint density at radius 2 is 2.14 bits per heavy atom. The molecule has 8 heteroatoms. The molecule has 0 bridgehead atoms. The number of nitrogens with two attached hydrogens (primary N) is 1. The molecule has 6 nitrogen and oxygen atoms in total. The molecule has 0 atom stereocenters. The van der Waals surface area contributed by atoms with Crippen molar-refractivity contribution >= 4 is 28.1 Å². The van der Waals surface area contributed by atoms with Crippen LogP contribution in [0.2, 0.25) is 5.02 Å². The molecule has 0 fully saturated rings. The van der Waals surface area contributed by atoms with Crippen LogP contribution in [0.25, 0.3) is 11.5 Å². The number of aromatic nitrogens is 4. The molecule has 0 aliphatic heterocycles. The van der Waals surface area contributed by atoms with Gasteiger partial charge in [0.2, 0.25) is 11.7 Å². The molecular formula is C13H12ClN5OS. The molecule has 0 aliphatic carbocycles. The van der Waals surface area contributed by atoms with Crippen molar-refractivity contribution in [2.24, 2.45) is 0 Å². The summed E-state index contributed by atoms with van der Waals surface area (Å²) in [5.41, 5.74) is 7.23. The summed E-state index contributed by atoms with van der Waals surface area (Å²) in [6.45, 7) is 0. The fraction of sp³-hybridized carbons (Fsp3) is 0.231. The molecule has 0 unspecified atom stereocenters. The third-order valence-electron chi connectivity index (χ3n) is 2.82. The van der Waals surface area contributed by atoms with Gasteiger partial charge in [-0.1, -0.05) is 16.8 Å². The van der Waals surface area contributed by atoms with Crippen LogP contribution < -0.4 is 5.73 Å². The minimum atomic E-state index is 0.472. The van der Waals surface area contributed by atoms with Crippen LogP contribution in [-0.2, 0) is 12.8 Å². The van der Waals surface area contributed by atoms with Crippen LogP contribution in [0.5, 0.6) is 0 Å². The van der Waals surface area contributed by atoms with E-state index < -0.39 is 0 Å². The van der Waals surface area contributed by atoms with E-state index >= 15 is 0 Å². The second-order valence-electron chi connectivity index (χ2n) is 4.40.